The van der Waals surface area contributed by atoms with Gasteiger partial charge < -0.3 is 9.88 Å². The Morgan fingerprint density at radius 1 is 1.08 bits per heavy atom. The average molecular weight is 498 g/mol. The molecule has 1 aliphatic rings. The smallest absolute Gasteiger partial charge is 0.224 e. The van der Waals surface area contributed by atoms with Gasteiger partial charge in [0.1, 0.15) is 11.6 Å². The predicted octanol–water partition coefficient (Wildman–Crippen LogP) is 5.19. The lowest BCUT2D eigenvalue weighted by molar-refractivity contribution is -0.116. The highest BCUT2D eigenvalue weighted by Crippen LogP contribution is 2.27. The van der Waals surface area contributed by atoms with Crippen LogP contribution in [0.5, 0.6) is 0 Å². The van der Waals surface area contributed by atoms with E-state index in [1.54, 1.807) is 12.1 Å². The highest BCUT2D eigenvalue weighted by molar-refractivity contribution is 5.93. The first-order valence-electron chi connectivity index (χ1n) is 12.7. The predicted molar refractivity (Wildman–Crippen MR) is 140 cm³/mol. The summed E-state index contributed by atoms with van der Waals surface area (Å²) in [6.07, 6.45) is 4.89. The molecule has 1 aliphatic heterocycles. The lowest BCUT2D eigenvalue weighted by atomic mass is 10.1. The third-order valence-electron chi connectivity index (χ3n) is 7.23. The summed E-state index contributed by atoms with van der Waals surface area (Å²) >= 11 is 0. The monoisotopic (exact) mass is 497 g/mol. The summed E-state index contributed by atoms with van der Waals surface area (Å²) in [5.41, 5.74) is 5.36. The van der Waals surface area contributed by atoms with Crippen molar-refractivity contribution >= 4 is 28.1 Å². The van der Waals surface area contributed by atoms with Crippen LogP contribution < -0.4 is 5.32 Å². The van der Waals surface area contributed by atoms with Crippen molar-refractivity contribution in [2.24, 2.45) is 0 Å². The molecule has 0 atom stereocenters. The standard InChI is InChI=1S/C28H28FN7O/c1-17-20(18(2)36-28(30-17)21-8-5-6-9-23(21)34-36)12-14-26(37)31-24-16-19(11-13-22(24)29)27-33-32-25-10-4-3-7-15-35(25)27/h5-6,8-9,11,13,16H,3-4,7,10,12,14-15H2,1-2H3,(H,31,37). The zero-order chi connectivity index (χ0) is 25.5. The fourth-order valence-corrected chi connectivity index (χ4v) is 5.25. The van der Waals surface area contributed by atoms with Crippen LogP contribution >= 0.6 is 0 Å². The van der Waals surface area contributed by atoms with Gasteiger partial charge >= 0.3 is 0 Å². The molecule has 9 heteroatoms. The Hall–Kier alpha value is -4.14. The number of nitrogens with one attached hydrogen (secondary N) is 1. The first-order valence-corrected chi connectivity index (χ1v) is 12.7. The molecular weight excluding hydrogens is 469 g/mol. The lowest BCUT2D eigenvalue weighted by Crippen LogP contribution is -2.15. The van der Waals surface area contributed by atoms with Gasteiger partial charge in [0, 0.05) is 41.7 Å². The van der Waals surface area contributed by atoms with E-state index in [9.17, 15) is 9.18 Å². The molecule has 5 aromatic rings. The summed E-state index contributed by atoms with van der Waals surface area (Å²) in [6.45, 7) is 4.79. The van der Waals surface area contributed by atoms with Gasteiger partial charge in [-0.25, -0.2) is 13.9 Å². The summed E-state index contributed by atoms with van der Waals surface area (Å²) in [6, 6.07) is 12.6. The van der Waals surface area contributed by atoms with Crippen molar-refractivity contribution in [3.05, 3.63) is 71.1 Å². The fraction of sp³-hybridized carbons (Fsp3) is 0.321. The maximum Gasteiger partial charge on any atom is 0.224 e. The van der Waals surface area contributed by atoms with Gasteiger partial charge in [0.15, 0.2) is 11.5 Å². The first-order chi connectivity index (χ1) is 18.0. The zero-order valence-electron chi connectivity index (χ0n) is 21.0. The Morgan fingerprint density at radius 3 is 2.84 bits per heavy atom. The molecule has 37 heavy (non-hydrogen) atoms. The number of aryl methyl sites for hydroxylation is 3. The van der Waals surface area contributed by atoms with Crippen molar-refractivity contribution in [3.8, 4) is 11.4 Å². The number of carbonyl (C=O) groups excluding carboxylic acids is 1. The minimum atomic E-state index is -0.480. The number of hydrogen-bond acceptors (Lipinski definition) is 5. The molecule has 0 spiro atoms. The Labute approximate surface area is 213 Å². The van der Waals surface area contributed by atoms with Crippen molar-refractivity contribution in [2.75, 3.05) is 5.32 Å². The van der Waals surface area contributed by atoms with Crippen LogP contribution in [0.1, 0.15) is 48.5 Å². The number of benzene rings is 2. The van der Waals surface area contributed by atoms with Crippen LogP contribution in [-0.4, -0.2) is 35.3 Å². The molecule has 6 rings (SSSR count). The van der Waals surface area contributed by atoms with Gasteiger partial charge in [-0.15, -0.1) is 10.2 Å². The second-order valence-corrected chi connectivity index (χ2v) is 9.66. The van der Waals surface area contributed by atoms with Crippen molar-refractivity contribution in [1.82, 2.24) is 29.4 Å². The number of hydrogen-bond donors (Lipinski definition) is 1. The summed E-state index contributed by atoms with van der Waals surface area (Å²) in [5, 5.41) is 17.1. The molecule has 3 aromatic heterocycles. The van der Waals surface area contributed by atoms with Crippen LogP contribution in [0.15, 0.2) is 42.5 Å². The number of rotatable bonds is 5. The van der Waals surface area contributed by atoms with Crippen LogP contribution in [0, 0.1) is 19.7 Å². The lowest BCUT2D eigenvalue weighted by Gasteiger charge is -2.12. The molecule has 0 saturated carbocycles. The number of carbonyl (C=O) groups is 1. The van der Waals surface area contributed by atoms with Crippen molar-refractivity contribution in [2.45, 2.75) is 58.9 Å². The number of aromatic nitrogens is 6. The number of anilines is 1. The van der Waals surface area contributed by atoms with Gasteiger partial charge in [0.05, 0.1) is 11.2 Å². The SMILES string of the molecule is Cc1nc2c3ccccc3nn2c(C)c1CCC(=O)Nc1cc(-c2nnc3n2CCCCC3)ccc1F. The quantitative estimate of drug-likeness (QED) is 0.361. The summed E-state index contributed by atoms with van der Waals surface area (Å²) in [4.78, 5) is 17.7. The van der Waals surface area contributed by atoms with Gasteiger partial charge in [-0.05, 0) is 69.0 Å². The van der Waals surface area contributed by atoms with Crippen molar-refractivity contribution in [3.63, 3.8) is 0 Å². The van der Waals surface area contributed by atoms with E-state index >= 15 is 0 Å². The molecule has 188 valence electrons. The van der Waals surface area contributed by atoms with Gasteiger partial charge in [-0.1, -0.05) is 18.6 Å². The molecule has 0 bridgehead atoms. The largest absolute Gasteiger partial charge is 0.324 e. The van der Waals surface area contributed by atoms with Crippen LogP contribution in [0.2, 0.25) is 0 Å². The van der Waals surface area contributed by atoms with E-state index in [0.29, 0.717) is 12.2 Å². The van der Waals surface area contributed by atoms with Gasteiger partial charge in [0.25, 0.3) is 0 Å². The maximum atomic E-state index is 14.7. The third-order valence-corrected chi connectivity index (χ3v) is 7.23. The van der Waals surface area contributed by atoms with E-state index in [1.165, 1.54) is 6.07 Å². The van der Waals surface area contributed by atoms with Crippen LogP contribution in [-0.2, 0) is 24.2 Å². The molecule has 4 heterocycles. The summed E-state index contributed by atoms with van der Waals surface area (Å²) in [5.74, 6) is 0.931. The number of nitrogens with zero attached hydrogens (tertiary/aromatic N) is 6. The van der Waals surface area contributed by atoms with Gasteiger partial charge in [-0.3, -0.25) is 4.79 Å². The van der Waals surface area contributed by atoms with E-state index < -0.39 is 5.82 Å². The molecule has 2 aromatic carbocycles. The first kappa shape index (κ1) is 23.3. The summed E-state index contributed by atoms with van der Waals surface area (Å²) in [7, 11) is 0. The van der Waals surface area contributed by atoms with E-state index in [-0.39, 0.29) is 18.0 Å². The van der Waals surface area contributed by atoms with Gasteiger partial charge in [0.2, 0.25) is 5.91 Å². The molecule has 1 amide bonds. The van der Waals surface area contributed by atoms with E-state index in [1.807, 2.05) is 42.6 Å². The minimum Gasteiger partial charge on any atom is -0.324 e. The molecule has 0 fully saturated rings. The van der Waals surface area contributed by atoms with E-state index in [4.69, 9.17) is 4.98 Å². The Kier molecular flexibility index (Phi) is 5.90. The second-order valence-electron chi connectivity index (χ2n) is 9.66. The highest BCUT2D eigenvalue weighted by Gasteiger charge is 2.19. The van der Waals surface area contributed by atoms with Crippen LogP contribution in [0.3, 0.4) is 0 Å². The zero-order valence-corrected chi connectivity index (χ0v) is 21.0. The van der Waals surface area contributed by atoms with Crippen molar-refractivity contribution in [1.29, 1.82) is 0 Å². The number of halogens is 1. The fourth-order valence-electron chi connectivity index (χ4n) is 5.25. The molecule has 8 nitrogen and oxygen atoms in total. The molecule has 0 saturated heterocycles. The normalized spacial score (nSPS) is 13.6. The second kappa shape index (κ2) is 9.38. The van der Waals surface area contributed by atoms with Gasteiger partial charge in [-0.2, -0.15) is 5.10 Å². The van der Waals surface area contributed by atoms with E-state index in [2.05, 4.69) is 25.2 Å². The van der Waals surface area contributed by atoms with E-state index in [0.717, 1.165) is 77.1 Å². The Bertz CT molecular complexity index is 1650. The topological polar surface area (TPSA) is 90.0 Å². The number of amides is 1. The highest BCUT2D eigenvalue weighted by atomic mass is 19.1. The molecule has 0 radical (unpaired) electrons. The Balaban J connectivity index is 1.21. The number of fused-ring (bicyclic) bond motifs is 4. The minimum absolute atomic E-state index is 0.147. The molecule has 1 N–H and O–H groups in total. The Morgan fingerprint density at radius 2 is 1.95 bits per heavy atom. The average Bonchev–Trinajstić information content (AvgIpc) is 3.38. The molecular formula is C28H28FN7O. The molecule has 0 unspecified atom stereocenters. The maximum absolute atomic E-state index is 14.7. The van der Waals surface area contributed by atoms with Crippen molar-refractivity contribution < 1.29 is 9.18 Å². The third kappa shape index (κ3) is 4.24. The molecule has 0 aliphatic carbocycles. The van der Waals surface area contributed by atoms with Crippen LogP contribution in [0.25, 0.3) is 27.9 Å². The van der Waals surface area contributed by atoms with Crippen LogP contribution in [0.4, 0.5) is 10.1 Å². The summed E-state index contributed by atoms with van der Waals surface area (Å²) < 4.78 is 18.6.